The van der Waals surface area contributed by atoms with E-state index in [-0.39, 0.29) is 17.9 Å². The van der Waals surface area contributed by atoms with Crippen LogP contribution in [0.2, 0.25) is 0 Å². The van der Waals surface area contributed by atoms with E-state index in [1.165, 1.54) is 16.7 Å². The van der Waals surface area contributed by atoms with Gasteiger partial charge in [-0.2, -0.15) is 0 Å². The van der Waals surface area contributed by atoms with Gasteiger partial charge in [0, 0.05) is 5.92 Å². The molecule has 0 unspecified atom stereocenters. The highest BCUT2D eigenvalue weighted by Crippen LogP contribution is 2.38. The van der Waals surface area contributed by atoms with Gasteiger partial charge in [-0.3, -0.25) is 4.79 Å². The average molecular weight is 231 g/mol. The molecule has 2 nitrogen and oxygen atoms in total. The zero-order valence-corrected chi connectivity index (χ0v) is 11.1. The predicted molar refractivity (Wildman–Crippen MR) is 69.7 cm³/mol. The van der Waals surface area contributed by atoms with E-state index in [2.05, 4.69) is 51.2 Å². The number of hydrogen-bond donors (Lipinski definition) is 1. The van der Waals surface area contributed by atoms with Crippen LogP contribution in [0.25, 0.3) is 0 Å². The fourth-order valence-corrected chi connectivity index (χ4v) is 2.40. The molecule has 17 heavy (non-hydrogen) atoms. The van der Waals surface area contributed by atoms with E-state index in [1.54, 1.807) is 0 Å². The molecule has 0 spiro atoms. The van der Waals surface area contributed by atoms with Crippen molar-refractivity contribution in [3.05, 3.63) is 34.9 Å². The molecule has 3 atom stereocenters. The Labute approximate surface area is 103 Å². The Balaban J connectivity index is 2.04. The molecule has 0 heterocycles. The van der Waals surface area contributed by atoms with E-state index in [4.69, 9.17) is 0 Å². The summed E-state index contributed by atoms with van der Waals surface area (Å²) < 4.78 is 0. The van der Waals surface area contributed by atoms with Crippen LogP contribution < -0.4 is 5.32 Å². The van der Waals surface area contributed by atoms with Crippen LogP contribution in [0, 0.1) is 25.7 Å². The maximum atomic E-state index is 11.9. The van der Waals surface area contributed by atoms with Gasteiger partial charge in [-0.25, -0.2) is 0 Å². The fraction of sp³-hybridized carbons (Fsp3) is 0.533. The van der Waals surface area contributed by atoms with E-state index >= 15 is 0 Å². The van der Waals surface area contributed by atoms with Crippen LogP contribution >= 0.6 is 0 Å². The Bertz CT molecular complexity index is 439. The molecule has 0 bridgehead atoms. The lowest BCUT2D eigenvalue weighted by Gasteiger charge is -2.17. The molecule has 2 rings (SSSR count). The number of carbonyl (C=O) groups is 1. The molecule has 2 heteroatoms. The van der Waals surface area contributed by atoms with E-state index in [9.17, 15) is 4.79 Å². The molecule has 0 radical (unpaired) electrons. The normalized spacial score (nSPS) is 24.2. The van der Waals surface area contributed by atoms with Gasteiger partial charge in [0.25, 0.3) is 0 Å². The number of aryl methyl sites for hydroxylation is 2. The van der Waals surface area contributed by atoms with Crippen molar-refractivity contribution >= 4 is 5.91 Å². The summed E-state index contributed by atoms with van der Waals surface area (Å²) in [6.07, 6.45) is 1.05. The van der Waals surface area contributed by atoms with Crippen LogP contribution in [0.5, 0.6) is 0 Å². The first-order chi connectivity index (χ1) is 7.99. The molecule has 1 N–H and O–H groups in total. The Morgan fingerprint density at radius 2 is 2.06 bits per heavy atom. The summed E-state index contributed by atoms with van der Waals surface area (Å²) in [5.74, 6) is 1.04. The maximum Gasteiger partial charge on any atom is 0.223 e. The highest BCUT2D eigenvalue weighted by atomic mass is 16.2. The molecular formula is C15H21NO. The first kappa shape index (κ1) is 12.2. The van der Waals surface area contributed by atoms with Gasteiger partial charge in [-0.15, -0.1) is 0 Å². The minimum Gasteiger partial charge on any atom is -0.349 e. The molecule has 92 valence electrons. The van der Waals surface area contributed by atoms with Gasteiger partial charge in [0.05, 0.1) is 6.04 Å². The van der Waals surface area contributed by atoms with Crippen LogP contribution in [0.15, 0.2) is 18.2 Å². The fourth-order valence-electron chi connectivity index (χ4n) is 2.40. The summed E-state index contributed by atoms with van der Waals surface area (Å²) in [5.41, 5.74) is 3.74. The van der Waals surface area contributed by atoms with Gasteiger partial charge in [-0.05, 0) is 44.2 Å². The molecule has 1 aliphatic rings. The van der Waals surface area contributed by atoms with E-state index in [0.29, 0.717) is 5.92 Å². The third kappa shape index (κ3) is 2.68. The van der Waals surface area contributed by atoms with Crippen LogP contribution in [-0.2, 0) is 4.79 Å². The van der Waals surface area contributed by atoms with Crippen molar-refractivity contribution in [3.8, 4) is 0 Å². The minimum atomic E-state index is 0.107. The first-order valence-corrected chi connectivity index (χ1v) is 6.36. The van der Waals surface area contributed by atoms with E-state index < -0.39 is 0 Å². The lowest BCUT2D eigenvalue weighted by Crippen LogP contribution is -2.28. The summed E-state index contributed by atoms with van der Waals surface area (Å²) in [4.78, 5) is 11.9. The zero-order valence-electron chi connectivity index (χ0n) is 11.1. The number of amides is 1. The van der Waals surface area contributed by atoms with Gasteiger partial charge in [0.15, 0.2) is 0 Å². The van der Waals surface area contributed by atoms with Gasteiger partial charge in [-0.1, -0.05) is 30.7 Å². The quantitative estimate of drug-likeness (QED) is 0.850. The summed E-state index contributed by atoms with van der Waals surface area (Å²) in [6.45, 7) is 8.38. The molecule has 0 aromatic heterocycles. The Morgan fingerprint density at radius 3 is 2.59 bits per heavy atom. The average Bonchev–Trinajstić information content (AvgIpc) is 2.95. The number of benzene rings is 1. The summed E-state index contributed by atoms with van der Waals surface area (Å²) in [6, 6.07) is 6.49. The smallest absolute Gasteiger partial charge is 0.223 e. The maximum absolute atomic E-state index is 11.9. The molecular weight excluding hydrogens is 210 g/mol. The molecule has 1 amide bonds. The third-order valence-corrected chi connectivity index (χ3v) is 3.70. The molecule has 1 aromatic rings. The largest absolute Gasteiger partial charge is 0.349 e. The SMILES string of the molecule is Cc1ccc([C@H](C)NC(=O)[C@H]2C[C@@H]2C)c(C)c1. The van der Waals surface area contributed by atoms with Crippen LogP contribution in [-0.4, -0.2) is 5.91 Å². The molecule has 0 saturated heterocycles. The summed E-state index contributed by atoms with van der Waals surface area (Å²) in [7, 11) is 0. The zero-order chi connectivity index (χ0) is 12.6. The highest BCUT2D eigenvalue weighted by molar-refractivity contribution is 5.81. The molecule has 1 aliphatic carbocycles. The predicted octanol–water partition coefficient (Wildman–Crippen LogP) is 3.14. The van der Waals surface area contributed by atoms with Crippen molar-refractivity contribution in [1.29, 1.82) is 0 Å². The highest BCUT2D eigenvalue weighted by Gasteiger charge is 2.39. The second-order valence-electron chi connectivity index (χ2n) is 5.41. The third-order valence-electron chi connectivity index (χ3n) is 3.70. The van der Waals surface area contributed by atoms with Crippen molar-refractivity contribution in [1.82, 2.24) is 5.32 Å². The summed E-state index contributed by atoms with van der Waals surface area (Å²) >= 11 is 0. The van der Waals surface area contributed by atoms with Gasteiger partial charge >= 0.3 is 0 Å². The number of rotatable bonds is 3. The molecule has 0 aliphatic heterocycles. The Morgan fingerprint density at radius 1 is 1.41 bits per heavy atom. The Kier molecular flexibility index (Phi) is 3.23. The second kappa shape index (κ2) is 4.52. The number of nitrogens with one attached hydrogen (secondary N) is 1. The van der Waals surface area contributed by atoms with E-state index in [1.807, 2.05) is 0 Å². The first-order valence-electron chi connectivity index (χ1n) is 6.36. The standard InChI is InChI=1S/C15H21NO/c1-9-5-6-13(10(2)7-9)12(4)16-15(17)14-8-11(14)3/h5-7,11-12,14H,8H2,1-4H3,(H,16,17)/t11-,12-,14-/m0/s1. The van der Waals surface area contributed by atoms with Crippen molar-refractivity contribution in [3.63, 3.8) is 0 Å². The number of hydrogen-bond acceptors (Lipinski definition) is 1. The summed E-state index contributed by atoms with van der Waals surface area (Å²) in [5, 5.41) is 3.11. The molecule has 1 fully saturated rings. The van der Waals surface area contributed by atoms with Gasteiger partial charge in [0.1, 0.15) is 0 Å². The van der Waals surface area contributed by atoms with Crippen molar-refractivity contribution in [2.45, 2.75) is 40.2 Å². The molecule has 1 saturated carbocycles. The lowest BCUT2D eigenvalue weighted by atomic mass is 10.00. The van der Waals surface area contributed by atoms with Gasteiger partial charge in [0.2, 0.25) is 5.91 Å². The van der Waals surface area contributed by atoms with Crippen molar-refractivity contribution in [2.24, 2.45) is 11.8 Å². The molecule has 1 aromatic carbocycles. The second-order valence-corrected chi connectivity index (χ2v) is 5.41. The van der Waals surface area contributed by atoms with Crippen molar-refractivity contribution in [2.75, 3.05) is 0 Å². The van der Waals surface area contributed by atoms with E-state index in [0.717, 1.165) is 6.42 Å². The lowest BCUT2D eigenvalue weighted by molar-refractivity contribution is -0.123. The van der Waals surface area contributed by atoms with Crippen LogP contribution in [0.4, 0.5) is 0 Å². The van der Waals surface area contributed by atoms with Crippen LogP contribution in [0.1, 0.15) is 43.0 Å². The van der Waals surface area contributed by atoms with Crippen molar-refractivity contribution < 1.29 is 4.79 Å². The van der Waals surface area contributed by atoms with Crippen LogP contribution in [0.3, 0.4) is 0 Å². The van der Waals surface area contributed by atoms with Gasteiger partial charge < -0.3 is 5.32 Å². The minimum absolute atomic E-state index is 0.107. The topological polar surface area (TPSA) is 29.1 Å². The monoisotopic (exact) mass is 231 g/mol. The number of carbonyl (C=O) groups excluding carboxylic acids is 1. The Hall–Kier alpha value is -1.31.